The van der Waals surface area contributed by atoms with Crippen molar-refractivity contribution in [2.24, 2.45) is 5.92 Å². The minimum absolute atomic E-state index is 0.457. The summed E-state index contributed by atoms with van der Waals surface area (Å²) in [6.45, 7) is 0. The van der Waals surface area contributed by atoms with Gasteiger partial charge < -0.3 is 9.53 Å². The molecule has 2 nitrogen and oxygen atoms in total. The number of carbonyl (C=O) groups excluding carboxylic acids is 1. The second-order valence-electron chi connectivity index (χ2n) is 3.23. The van der Waals surface area contributed by atoms with E-state index in [9.17, 15) is 4.79 Å². The molecule has 2 rings (SSSR count). The Morgan fingerprint density at radius 1 is 1.50 bits per heavy atom. The topological polar surface area (TPSA) is 29.6 Å². The molecule has 1 saturated carbocycles. The average Bonchev–Trinajstić information content (AvgIpc) is 2.67. The smallest absolute Gasteiger partial charge is 0.120 e. The number of epoxide rings is 1. The van der Waals surface area contributed by atoms with E-state index in [1.54, 1.807) is 0 Å². The van der Waals surface area contributed by atoms with E-state index in [0.717, 1.165) is 6.29 Å². The molecule has 0 amide bonds. The fourth-order valence-electron chi connectivity index (χ4n) is 1.92. The standard InChI is InChI=1S/C8H12O2/c9-5-4-6-2-1-3-7-8(6)10-7/h5-8H,1-4H2/t6?,7-,8+/m0/s1. The summed E-state index contributed by atoms with van der Waals surface area (Å²) in [6, 6.07) is 0. The number of fused-ring (bicyclic) bond motifs is 1. The van der Waals surface area contributed by atoms with Crippen molar-refractivity contribution >= 4 is 6.29 Å². The zero-order chi connectivity index (χ0) is 6.97. The number of aldehydes is 1. The molecule has 1 aliphatic carbocycles. The van der Waals surface area contributed by atoms with Crippen LogP contribution in [0, 0.1) is 5.92 Å². The molecule has 2 heteroatoms. The summed E-state index contributed by atoms with van der Waals surface area (Å²) in [7, 11) is 0. The third-order valence-electron chi connectivity index (χ3n) is 2.55. The van der Waals surface area contributed by atoms with Gasteiger partial charge >= 0.3 is 0 Å². The predicted molar refractivity (Wildman–Crippen MR) is 36.7 cm³/mol. The van der Waals surface area contributed by atoms with Crippen molar-refractivity contribution in [2.45, 2.75) is 37.9 Å². The van der Waals surface area contributed by atoms with Crippen molar-refractivity contribution in [1.29, 1.82) is 0 Å². The molecular formula is C8H12O2. The van der Waals surface area contributed by atoms with Gasteiger partial charge in [-0.15, -0.1) is 0 Å². The van der Waals surface area contributed by atoms with Crippen LogP contribution < -0.4 is 0 Å². The number of carbonyl (C=O) groups is 1. The maximum absolute atomic E-state index is 10.2. The van der Waals surface area contributed by atoms with E-state index >= 15 is 0 Å². The Morgan fingerprint density at radius 3 is 3.20 bits per heavy atom. The molecule has 3 atom stereocenters. The van der Waals surface area contributed by atoms with E-state index in [1.807, 2.05) is 0 Å². The molecule has 0 aromatic rings. The van der Waals surface area contributed by atoms with Crippen LogP contribution in [0.5, 0.6) is 0 Å². The largest absolute Gasteiger partial charge is 0.369 e. The Hall–Kier alpha value is -0.370. The van der Waals surface area contributed by atoms with Crippen LogP contribution in [0.4, 0.5) is 0 Å². The second-order valence-corrected chi connectivity index (χ2v) is 3.23. The molecule has 2 fully saturated rings. The normalized spacial score (nSPS) is 44.2. The van der Waals surface area contributed by atoms with E-state index < -0.39 is 0 Å². The first-order valence-electron chi connectivity index (χ1n) is 4.01. The first kappa shape index (κ1) is 6.35. The lowest BCUT2D eigenvalue weighted by molar-refractivity contribution is -0.108. The molecule has 56 valence electrons. The highest BCUT2D eigenvalue weighted by Crippen LogP contribution is 2.41. The van der Waals surface area contributed by atoms with Gasteiger partial charge in [-0.2, -0.15) is 0 Å². The van der Waals surface area contributed by atoms with Crippen LogP contribution in [-0.4, -0.2) is 18.5 Å². The summed E-state index contributed by atoms with van der Waals surface area (Å²) in [5, 5.41) is 0. The molecule has 0 aromatic carbocycles. The third kappa shape index (κ3) is 0.966. The van der Waals surface area contributed by atoms with E-state index in [-0.39, 0.29) is 0 Å². The lowest BCUT2D eigenvalue weighted by Gasteiger charge is -2.14. The molecular weight excluding hydrogens is 128 g/mol. The molecule has 2 aliphatic rings. The van der Waals surface area contributed by atoms with Crippen molar-refractivity contribution in [2.75, 3.05) is 0 Å². The van der Waals surface area contributed by atoms with E-state index in [4.69, 9.17) is 4.74 Å². The number of hydrogen-bond donors (Lipinski definition) is 0. The van der Waals surface area contributed by atoms with Crippen molar-refractivity contribution in [3.8, 4) is 0 Å². The molecule has 1 saturated heterocycles. The lowest BCUT2D eigenvalue weighted by atomic mass is 9.87. The van der Waals surface area contributed by atoms with Crippen LogP contribution in [0.2, 0.25) is 0 Å². The van der Waals surface area contributed by atoms with Crippen molar-refractivity contribution < 1.29 is 9.53 Å². The Morgan fingerprint density at radius 2 is 2.40 bits per heavy atom. The molecule has 0 aromatic heterocycles. The van der Waals surface area contributed by atoms with Crippen molar-refractivity contribution in [3.63, 3.8) is 0 Å². The van der Waals surface area contributed by atoms with Crippen molar-refractivity contribution in [1.82, 2.24) is 0 Å². The van der Waals surface area contributed by atoms with E-state index in [0.29, 0.717) is 24.5 Å². The monoisotopic (exact) mass is 140 g/mol. The van der Waals surface area contributed by atoms with Gasteiger partial charge in [0.1, 0.15) is 6.29 Å². The van der Waals surface area contributed by atoms with Gasteiger partial charge in [0.15, 0.2) is 0 Å². The Balaban J connectivity index is 1.89. The highest BCUT2D eigenvalue weighted by molar-refractivity contribution is 5.50. The van der Waals surface area contributed by atoms with Gasteiger partial charge in [0.05, 0.1) is 12.2 Å². The van der Waals surface area contributed by atoms with Gasteiger partial charge in [-0.05, 0) is 18.8 Å². The number of hydrogen-bond acceptors (Lipinski definition) is 2. The highest BCUT2D eigenvalue weighted by Gasteiger charge is 2.46. The molecule has 1 aliphatic heterocycles. The molecule has 1 unspecified atom stereocenters. The average molecular weight is 140 g/mol. The first-order chi connectivity index (χ1) is 4.92. The van der Waals surface area contributed by atoms with Gasteiger partial charge in [-0.25, -0.2) is 0 Å². The molecule has 0 bridgehead atoms. The zero-order valence-corrected chi connectivity index (χ0v) is 5.95. The highest BCUT2D eigenvalue weighted by atomic mass is 16.6. The van der Waals surface area contributed by atoms with Crippen LogP contribution in [-0.2, 0) is 9.53 Å². The van der Waals surface area contributed by atoms with Crippen molar-refractivity contribution in [3.05, 3.63) is 0 Å². The second kappa shape index (κ2) is 2.35. The third-order valence-corrected chi connectivity index (χ3v) is 2.55. The Bertz CT molecular complexity index is 144. The van der Waals surface area contributed by atoms with Gasteiger partial charge in [0, 0.05) is 6.42 Å². The summed E-state index contributed by atoms with van der Waals surface area (Å²) in [5.41, 5.74) is 0. The number of rotatable bonds is 2. The van der Waals surface area contributed by atoms with Gasteiger partial charge in [0.2, 0.25) is 0 Å². The molecule has 0 radical (unpaired) electrons. The van der Waals surface area contributed by atoms with Crippen LogP contribution in [0.15, 0.2) is 0 Å². The summed E-state index contributed by atoms with van der Waals surface area (Å²) >= 11 is 0. The molecule has 10 heavy (non-hydrogen) atoms. The molecule has 0 N–H and O–H groups in total. The maximum atomic E-state index is 10.2. The van der Waals surface area contributed by atoms with Crippen LogP contribution in [0.1, 0.15) is 25.7 Å². The van der Waals surface area contributed by atoms with Crippen LogP contribution in [0.3, 0.4) is 0 Å². The van der Waals surface area contributed by atoms with E-state index in [1.165, 1.54) is 19.3 Å². The minimum atomic E-state index is 0.457. The fourth-order valence-corrected chi connectivity index (χ4v) is 1.92. The zero-order valence-electron chi connectivity index (χ0n) is 5.95. The van der Waals surface area contributed by atoms with Gasteiger partial charge in [-0.1, -0.05) is 6.42 Å². The SMILES string of the molecule is O=CCC1CCC[C@@H]2O[C@H]12. The molecule has 1 heterocycles. The fraction of sp³-hybridized carbons (Fsp3) is 0.875. The Kier molecular flexibility index (Phi) is 1.49. The Labute approximate surface area is 60.6 Å². The van der Waals surface area contributed by atoms with Crippen LogP contribution >= 0.6 is 0 Å². The van der Waals surface area contributed by atoms with Gasteiger partial charge in [-0.3, -0.25) is 0 Å². The quantitative estimate of drug-likeness (QED) is 0.425. The summed E-state index contributed by atoms with van der Waals surface area (Å²) in [4.78, 5) is 10.2. The van der Waals surface area contributed by atoms with Gasteiger partial charge in [0.25, 0.3) is 0 Å². The maximum Gasteiger partial charge on any atom is 0.120 e. The van der Waals surface area contributed by atoms with E-state index in [2.05, 4.69) is 0 Å². The number of ether oxygens (including phenoxy) is 1. The summed E-state index contributed by atoms with van der Waals surface area (Å²) in [5.74, 6) is 0.552. The summed E-state index contributed by atoms with van der Waals surface area (Å²) in [6.07, 6.45) is 6.38. The van der Waals surface area contributed by atoms with Crippen LogP contribution in [0.25, 0.3) is 0 Å². The lowest BCUT2D eigenvalue weighted by Crippen LogP contribution is -2.16. The predicted octanol–water partition coefficient (Wildman–Crippen LogP) is 1.14. The summed E-state index contributed by atoms with van der Waals surface area (Å²) < 4.78 is 5.38. The minimum Gasteiger partial charge on any atom is -0.369 e. The first-order valence-corrected chi connectivity index (χ1v) is 4.01. The molecule has 0 spiro atoms.